The van der Waals surface area contributed by atoms with Crippen molar-refractivity contribution in [3.05, 3.63) is 28.8 Å². The van der Waals surface area contributed by atoms with Crippen molar-refractivity contribution in [1.29, 1.82) is 0 Å². The predicted molar refractivity (Wildman–Crippen MR) is 64.4 cm³/mol. The first-order valence-electron chi connectivity index (χ1n) is 5.39. The van der Waals surface area contributed by atoms with Crippen LogP contribution in [0, 0.1) is 0 Å². The number of anilines is 1. The fourth-order valence-corrected chi connectivity index (χ4v) is 2.26. The maximum Gasteiger partial charge on any atom is 0.303 e. The van der Waals surface area contributed by atoms with Gasteiger partial charge in [0.1, 0.15) is 0 Å². The molecule has 0 saturated carbocycles. The normalized spacial score (nSPS) is 13.6. The van der Waals surface area contributed by atoms with Gasteiger partial charge >= 0.3 is 5.97 Å². The van der Waals surface area contributed by atoms with Gasteiger partial charge in [-0.05, 0) is 24.1 Å². The maximum absolute atomic E-state index is 11.8. The molecule has 1 aliphatic rings. The van der Waals surface area contributed by atoms with E-state index in [1.165, 1.54) is 0 Å². The molecule has 0 atom stereocenters. The van der Waals surface area contributed by atoms with E-state index in [0.717, 1.165) is 17.7 Å². The molecular formula is C12H12ClNO3. The molecule has 5 heteroatoms. The fourth-order valence-electron chi connectivity index (χ4n) is 2.00. The Bertz CT molecular complexity index is 473. The Kier molecular flexibility index (Phi) is 3.33. The second-order valence-electron chi connectivity index (χ2n) is 3.93. The number of hydrogen-bond donors (Lipinski definition) is 1. The highest BCUT2D eigenvalue weighted by atomic mass is 35.5. The van der Waals surface area contributed by atoms with Gasteiger partial charge in [0, 0.05) is 23.7 Å². The monoisotopic (exact) mass is 253 g/mol. The predicted octanol–water partition coefficient (Wildman–Crippen LogP) is 2.09. The molecule has 17 heavy (non-hydrogen) atoms. The number of halogens is 1. The van der Waals surface area contributed by atoms with Crippen LogP contribution in [-0.4, -0.2) is 23.5 Å². The molecule has 1 N–H and O–H groups in total. The van der Waals surface area contributed by atoms with E-state index < -0.39 is 5.97 Å². The second-order valence-corrected chi connectivity index (χ2v) is 4.33. The molecule has 0 fully saturated rings. The van der Waals surface area contributed by atoms with Gasteiger partial charge in [0.05, 0.1) is 6.42 Å². The summed E-state index contributed by atoms with van der Waals surface area (Å²) in [5.41, 5.74) is 1.78. The molecule has 0 saturated heterocycles. The lowest BCUT2D eigenvalue weighted by molar-refractivity contribution is -0.138. The van der Waals surface area contributed by atoms with Crippen molar-refractivity contribution in [3.8, 4) is 0 Å². The Morgan fingerprint density at radius 2 is 2.12 bits per heavy atom. The van der Waals surface area contributed by atoms with Crippen LogP contribution in [0.2, 0.25) is 5.02 Å². The molecule has 0 unspecified atom stereocenters. The fraction of sp³-hybridized carbons (Fsp3) is 0.333. The van der Waals surface area contributed by atoms with Crippen LogP contribution in [0.1, 0.15) is 18.4 Å². The van der Waals surface area contributed by atoms with Gasteiger partial charge in [-0.3, -0.25) is 9.59 Å². The van der Waals surface area contributed by atoms with Gasteiger partial charge in [-0.15, -0.1) is 0 Å². The van der Waals surface area contributed by atoms with E-state index in [9.17, 15) is 9.59 Å². The summed E-state index contributed by atoms with van der Waals surface area (Å²) < 4.78 is 0. The number of carbonyl (C=O) groups excluding carboxylic acids is 1. The number of carbonyl (C=O) groups is 2. The van der Waals surface area contributed by atoms with Gasteiger partial charge in [0.15, 0.2) is 0 Å². The van der Waals surface area contributed by atoms with Gasteiger partial charge < -0.3 is 10.0 Å². The van der Waals surface area contributed by atoms with Crippen LogP contribution in [0.15, 0.2) is 18.2 Å². The molecule has 1 heterocycles. The summed E-state index contributed by atoms with van der Waals surface area (Å²) in [5, 5.41) is 9.22. The van der Waals surface area contributed by atoms with Crippen molar-refractivity contribution >= 4 is 29.2 Å². The quantitative estimate of drug-likeness (QED) is 0.897. The zero-order valence-corrected chi connectivity index (χ0v) is 9.91. The molecule has 1 aromatic rings. The number of fused-ring (bicyclic) bond motifs is 1. The van der Waals surface area contributed by atoms with Crippen molar-refractivity contribution in [2.75, 3.05) is 11.4 Å². The van der Waals surface area contributed by atoms with E-state index in [0.29, 0.717) is 11.6 Å². The summed E-state index contributed by atoms with van der Waals surface area (Å²) in [7, 11) is 0. The Balaban J connectivity index is 2.14. The van der Waals surface area contributed by atoms with Gasteiger partial charge in [0.25, 0.3) is 0 Å². The number of aliphatic carboxylic acids is 1. The molecule has 0 aliphatic carbocycles. The molecule has 0 radical (unpaired) electrons. The standard InChI is InChI=1S/C12H12ClNO3/c13-9-2-1-3-10-8(9)6-7-14(10)11(15)4-5-12(16)17/h1-3H,4-7H2,(H,16,17). The summed E-state index contributed by atoms with van der Waals surface area (Å²) in [5.74, 6) is -1.11. The summed E-state index contributed by atoms with van der Waals surface area (Å²) in [6.07, 6.45) is 0.625. The Morgan fingerprint density at radius 3 is 2.82 bits per heavy atom. The summed E-state index contributed by atoms with van der Waals surface area (Å²) in [6, 6.07) is 5.43. The van der Waals surface area contributed by atoms with Crippen LogP contribution < -0.4 is 4.90 Å². The Morgan fingerprint density at radius 1 is 1.35 bits per heavy atom. The van der Waals surface area contributed by atoms with E-state index in [2.05, 4.69) is 0 Å². The van der Waals surface area contributed by atoms with Crippen LogP contribution in [0.4, 0.5) is 5.69 Å². The first kappa shape index (κ1) is 11.9. The minimum Gasteiger partial charge on any atom is -0.481 e. The van der Waals surface area contributed by atoms with Crippen LogP contribution in [-0.2, 0) is 16.0 Å². The van der Waals surface area contributed by atoms with Crippen LogP contribution in [0.3, 0.4) is 0 Å². The Labute approximate surface area is 104 Å². The average molecular weight is 254 g/mol. The molecule has 0 aromatic heterocycles. The molecule has 0 spiro atoms. The van der Waals surface area contributed by atoms with E-state index in [4.69, 9.17) is 16.7 Å². The van der Waals surface area contributed by atoms with E-state index in [1.807, 2.05) is 6.07 Å². The zero-order chi connectivity index (χ0) is 12.4. The number of carboxylic acids is 1. The van der Waals surface area contributed by atoms with Gasteiger partial charge in [-0.2, -0.15) is 0 Å². The molecular weight excluding hydrogens is 242 g/mol. The van der Waals surface area contributed by atoms with Crippen LogP contribution in [0.5, 0.6) is 0 Å². The van der Waals surface area contributed by atoms with Gasteiger partial charge in [-0.1, -0.05) is 17.7 Å². The lowest BCUT2D eigenvalue weighted by Gasteiger charge is -2.16. The van der Waals surface area contributed by atoms with Crippen molar-refractivity contribution in [3.63, 3.8) is 0 Å². The van der Waals surface area contributed by atoms with Crippen molar-refractivity contribution < 1.29 is 14.7 Å². The maximum atomic E-state index is 11.8. The molecule has 90 valence electrons. The topological polar surface area (TPSA) is 57.6 Å². The average Bonchev–Trinajstić information content (AvgIpc) is 2.71. The number of rotatable bonds is 3. The van der Waals surface area contributed by atoms with Crippen molar-refractivity contribution in [1.82, 2.24) is 0 Å². The smallest absolute Gasteiger partial charge is 0.303 e. The third-order valence-electron chi connectivity index (χ3n) is 2.82. The Hall–Kier alpha value is -1.55. The number of nitrogens with zero attached hydrogens (tertiary/aromatic N) is 1. The lowest BCUT2D eigenvalue weighted by atomic mass is 10.2. The molecule has 1 amide bonds. The zero-order valence-electron chi connectivity index (χ0n) is 9.15. The lowest BCUT2D eigenvalue weighted by Crippen LogP contribution is -2.29. The molecule has 1 aliphatic heterocycles. The second kappa shape index (κ2) is 4.75. The third-order valence-corrected chi connectivity index (χ3v) is 3.18. The SMILES string of the molecule is O=C(O)CCC(=O)N1CCc2c(Cl)cccc21. The largest absolute Gasteiger partial charge is 0.481 e. The minimum atomic E-state index is -0.955. The van der Waals surface area contributed by atoms with Crippen molar-refractivity contribution in [2.24, 2.45) is 0 Å². The highest BCUT2D eigenvalue weighted by Gasteiger charge is 2.25. The summed E-state index contributed by atoms with van der Waals surface area (Å²) >= 11 is 6.04. The summed E-state index contributed by atoms with van der Waals surface area (Å²) in [4.78, 5) is 23.9. The highest BCUT2D eigenvalue weighted by Crippen LogP contribution is 2.33. The minimum absolute atomic E-state index is 0.0291. The first-order valence-corrected chi connectivity index (χ1v) is 5.77. The summed E-state index contributed by atoms with van der Waals surface area (Å²) in [6.45, 7) is 0.581. The third kappa shape index (κ3) is 2.42. The highest BCUT2D eigenvalue weighted by molar-refractivity contribution is 6.32. The molecule has 1 aromatic carbocycles. The number of benzene rings is 1. The van der Waals surface area contributed by atoms with Crippen LogP contribution in [0.25, 0.3) is 0 Å². The molecule has 0 bridgehead atoms. The van der Waals surface area contributed by atoms with E-state index >= 15 is 0 Å². The van der Waals surface area contributed by atoms with Crippen molar-refractivity contribution in [2.45, 2.75) is 19.3 Å². The number of carboxylic acid groups (broad SMARTS) is 1. The van der Waals surface area contributed by atoms with E-state index in [-0.39, 0.29) is 18.7 Å². The number of amides is 1. The number of hydrogen-bond acceptors (Lipinski definition) is 2. The first-order chi connectivity index (χ1) is 8.09. The van der Waals surface area contributed by atoms with Gasteiger partial charge in [-0.25, -0.2) is 0 Å². The van der Waals surface area contributed by atoms with Crippen LogP contribution >= 0.6 is 11.6 Å². The molecule has 4 nitrogen and oxygen atoms in total. The van der Waals surface area contributed by atoms with E-state index in [1.54, 1.807) is 17.0 Å². The molecule has 2 rings (SSSR count). The van der Waals surface area contributed by atoms with Gasteiger partial charge in [0.2, 0.25) is 5.91 Å².